The van der Waals surface area contributed by atoms with Crippen LogP contribution in [0, 0.1) is 0 Å². The Morgan fingerprint density at radius 1 is 1.06 bits per heavy atom. The van der Waals surface area contributed by atoms with E-state index in [-0.39, 0.29) is 0 Å². The molecular formula is C29H27N3O. The number of rotatable bonds is 8. The first-order valence-corrected chi connectivity index (χ1v) is 11.0. The number of para-hydroxylation sites is 1. The number of hydrogen-bond acceptors (Lipinski definition) is 3. The predicted molar refractivity (Wildman–Crippen MR) is 139 cm³/mol. The number of hydrogen-bond donors (Lipinski definition) is 0. The third-order valence-corrected chi connectivity index (χ3v) is 5.35. The summed E-state index contributed by atoms with van der Waals surface area (Å²) in [6, 6.07) is 16.5. The molecule has 0 aliphatic rings. The summed E-state index contributed by atoms with van der Waals surface area (Å²) in [5.74, 6) is 0.951. The van der Waals surface area contributed by atoms with Gasteiger partial charge in [0.2, 0.25) is 11.8 Å². The van der Waals surface area contributed by atoms with Crippen molar-refractivity contribution in [1.29, 1.82) is 0 Å². The summed E-state index contributed by atoms with van der Waals surface area (Å²) in [6.07, 6.45) is 14.6. The van der Waals surface area contributed by atoms with Crippen LogP contribution in [-0.4, -0.2) is 14.8 Å². The maximum absolute atomic E-state index is 5.96. The first-order valence-electron chi connectivity index (χ1n) is 11.0. The molecule has 0 fully saturated rings. The van der Waals surface area contributed by atoms with E-state index in [0.29, 0.717) is 11.8 Å². The number of aromatic nitrogens is 3. The zero-order valence-corrected chi connectivity index (χ0v) is 19.0. The number of benzene rings is 2. The molecule has 0 spiro atoms. The molecule has 4 aromatic rings. The van der Waals surface area contributed by atoms with Crippen molar-refractivity contribution < 1.29 is 4.42 Å². The molecule has 0 bridgehead atoms. The van der Waals surface area contributed by atoms with Crippen molar-refractivity contribution in [2.24, 2.45) is 0 Å². The molecule has 0 aliphatic carbocycles. The van der Waals surface area contributed by atoms with Gasteiger partial charge in [0.1, 0.15) is 0 Å². The van der Waals surface area contributed by atoms with Crippen molar-refractivity contribution in [2.45, 2.75) is 20.3 Å². The Morgan fingerprint density at radius 2 is 1.85 bits per heavy atom. The van der Waals surface area contributed by atoms with E-state index in [0.717, 1.165) is 40.0 Å². The van der Waals surface area contributed by atoms with E-state index < -0.39 is 0 Å². The average Bonchev–Trinajstić information content (AvgIpc) is 3.46. The van der Waals surface area contributed by atoms with E-state index in [1.54, 1.807) is 6.08 Å². The van der Waals surface area contributed by atoms with Crippen molar-refractivity contribution >= 4 is 28.6 Å². The van der Waals surface area contributed by atoms with Crippen LogP contribution in [0.1, 0.15) is 37.4 Å². The van der Waals surface area contributed by atoms with E-state index >= 15 is 0 Å². The molecule has 0 N–H and O–H groups in total. The third-order valence-electron chi connectivity index (χ3n) is 5.35. The Balaban J connectivity index is 1.74. The lowest BCUT2D eigenvalue weighted by Crippen LogP contribution is -1.96. The van der Waals surface area contributed by atoms with Crippen LogP contribution in [-0.2, 0) is 0 Å². The van der Waals surface area contributed by atoms with Crippen LogP contribution in [0.2, 0.25) is 0 Å². The Hall–Kier alpha value is -4.18. The van der Waals surface area contributed by atoms with E-state index in [1.807, 2.05) is 37.3 Å². The van der Waals surface area contributed by atoms with Crippen LogP contribution >= 0.6 is 0 Å². The zero-order valence-electron chi connectivity index (χ0n) is 19.0. The van der Waals surface area contributed by atoms with Gasteiger partial charge in [0, 0.05) is 27.8 Å². The second-order valence-electron chi connectivity index (χ2n) is 7.48. The summed E-state index contributed by atoms with van der Waals surface area (Å²) in [5.41, 5.74) is 6.10. The number of allylic oxidation sites excluding steroid dienone is 6. The standard InChI is InChI=1S/C29H27N3O/c1-5-9-14-21(12-6-2)28-30-31-29(33-28)22-17-19-23(20-18-22)32-26(8-4)24(13-7-3)25-15-10-11-16-27(25)32/h6-20H,2,4-5H2,1,3H3/b13-7-,14-9-,21-12+. The van der Waals surface area contributed by atoms with Gasteiger partial charge in [0.15, 0.2) is 0 Å². The second-order valence-corrected chi connectivity index (χ2v) is 7.48. The minimum absolute atomic E-state index is 0.472. The van der Waals surface area contributed by atoms with E-state index in [4.69, 9.17) is 4.42 Å². The first kappa shape index (κ1) is 22.0. The maximum atomic E-state index is 5.96. The molecule has 164 valence electrons. The molecule has 2 aromatic heterocycles. The minimum atomic E-state index is 0.472. The van der Waals surface area contributed by atoms with Crippen molar-refractivity contribution in [1.82, 2.24) is 14.8 Å². The molecule has 4 heteroatoms. The summed E-state index contributed by atoms with van der Waals surface area (Å²) in [7, 11) is 0. The normalized spacial score (nSPS) is 12.2. The molecule has 4 nitrogen and oxygen atoms in total. The molecule has 0 unspecified atom stereocenters. The summed E-state index contributed by atoms with van der Waals surface area (Å²) in [6.45, 7) is 12.0. The van der Waals surface area contributed by atoms with Crippen molar-refractivity contribution in [3.8, 4) is 17.1 Å². The third kappa shape index (κ3) is 4.28. The SMILES string of the molecule is C=C/C=C(\C=C/CC)c1nnc(-c2ccc(-n3c(C=C)c(/C=C\C)c4ccccc43)cc2)o1. The van der Waals surface area contributed by atoms with Gasteiger partial charge < -0.3 is 8.98 Å². The van der Waals surface area contributed by atoms with Crippen LogP contribution in [0.25, 0.3) is 45.8 Å². The monoisotopic (exact) mass is 433 g/mol. The van der Waals surface area contributed by atoms with Gasteiger partial charge in [0.25, 0.3) is 0 Å². The molecule has 33 heavy (non-hydrogen) atoms. The minimum Gasteiger partial charge on any atom is -0.416 e. The Morgan fingerprint density at radius 3 is 2.55 bits per heavy atom. The Kier molecular flexibility index (Phi) is 6.65. The lowest BCUT2D eigenvalue weighted by atomic mass is 10.1. The van der Waals surface area contributed by atoms with Gasteiger partial charge in [-0.25, -0.2) is 0 Å². The lowest BCUT2D eigenvalue weighted by molar-refractivity contribution is 0.554. The van der Waals surface area contributed by atoms with Crippen molar-refractivity contribution in [3.05, 3.63) is 109 Å². The summed E-state index contributed by atoms with van der Waals surface area (Å²) >= 11 is 0. The van der Waals surface area contributed by atoms with Crippen molar-refractivity contribution in [3.63, 3.8) is 0 Å². The smallest absolute Gasteiger partial charge is 0.248 e. The van der Waals surface area contributed by atoms with Crippen LogP contribution < -0.4 is 0 Å². The molecular weight excluding hydrogens is 406 g/mol. The molecule has 0 atom stereocenters. The predicted octanol–water partition coefficient (Wildman–Crippen LogP) is 7.89. The van der Waals surface area contributed by atoms with Crippen LogP contribution in [0.3, 0.4) is 0 Å². The van der Waals surface area contributed by atoms with Crippen LogP contribution in [0.15, 0.2) is 96.5 Å². The van der Waals surface area contributed by atoms with Gasteiger partial charge in [-0.05, 0) is 49.8 Å². The zero-order chi connectivity index (χ0) is 23.2. The molecule has 0 saturated carbocycles. The number of fused-ring (bicyclic) bond motifs is 1. The molecule has 2 heterocycles. The highest BCUT2D eigenvalue weighted by molar-refractivity contribution is 5.95. The van der Waals surface area contributed by atoms with E-state index in [9.17, 15) is 0 Å². The van der Waals surface area contributed by atoms with Gasteiger partial charge in [-0.2, -0.15) is 0 Å². The molecule has 4 rings (SSSR count). The Labute approximate surface area is 194 Å². The van der Waals surface area contributed by atoms with Crippen LogP contribution in [0.4, 0.5) is 0 Å². The Bertz CT molecular complexity index is 1380. The van der Waals surface area contributed by atoms with Gasteiger partial charge in [-0.1, -0.05) is 74.7 Å². The van der Waals surface area contributed by atoms with E-state index in [1.165, 1.54) is 5.39 Å². The highest BCUT2D eigenvalue weighted by atomic mass is 16.4. The highest BCUT2D eigenvalue weighted by Gasteiger charge is 2.15. The number of nitrogens with zero attached hydrogens (tertiary/aromatic N) is 3. The lowest BCUT2D eigenvalue weighted by Gasteiger charge is -2.09. The van der Waals surface area contributed by atoms with E-state index in [2.05, 4.69) is 89.5 Å². The fourth-order valence-electron chi connectivity index (χ4n) is 3.89. The summed E-state index contributed by atoms with van der Waals surface area (Å²) < 4.78 is 8.18. The molecule has 0 radical (unpaired) electrons. The quantitative estimate of drug-likeness (QED) is 0.265. The molecule has 0 amide bonds. The molecule has 0 aliphatic heterocycles. The fraction of sp³-hybridized carbons (Fsp3) is 0.103. The summed E-state index contributed by atoms with van der Waals surface area (Å²) in [5, 5.41) is 9.67. The van der Waals surface area contributed by atoms with Gasteiger partial charge in [-0.15, -0.1) is 10.2 Å². The molecule has 0 saturated heterocycles. The fourth-order valence-corrected chi connectivity index (χ4v) is 3.89. The average molecular weight is 434 g/mol. The topological polar surface area (TPSA) is 43.9 Å². The van der Waals surface area contributed by atoms with Crippen molar-refractivity contribution in [2.75, 3.05) is 0 Å². The summed E-state index contributed by atoms with van der Waals surface area (Å²) in [4.78, 5) is 0. The second kappa shape index (κ2) is 9.96. The highest BCUT2D eigenvalue weighted by Crippen LogP contribution is 2.32. The largest absolute Gasteiger partial charge is 0.416 e. The molecule has 2 aromatic carbocycles. The van der Waals surface area contributed by atoms with Gasteiger partial charge in [0.05, 0.1) is 11.2 Å². The maximum Gasteiger partial charge on any atom is 0.248 e. The first-order chi connectivity index (χ1) is 16.2. The van der Waals surface area contributed by atoms with Crippen LogP contribution in [0.5, 0.6) is 0 Å². The van der Waals surface area contributed by atoms with Gasteiger partial charge >= 0.3 is 0 Å². The van der Waals surface area contributed by atoms with Gasteiger partial charge in [-0.3, -0.25) is 0 Å².